The first kappa shape index (κ1) is 14.2. The van der Waals surface area contributed by atoms with E-state index in [-0.39, 0.29) is 0 Å². The van der Waals surface area contributed by atoms with Gasteiger partial charge in [-0.1, -0.05) is 36.2 Å². The van der Waals surface area contributed by atoms with E-state index in [0.29, 0.717) is 6.04 Å². The first-order chi connectivity index (χ1) is 9.08. The van der Waals surface area contributed by atoms with Crippen LogP contribution < -0.4 is 5.32 Å². The molecule has 1 aromatic carbocycles. The van der Waals surface area contributed by atoms with Crippen LogP contribution in [0.25, 0.3) is 0 Å². The minimum absolute atomic E-state index is 0.354. The molecule has 1 heterocycles. The Bertz CT molecular complexity index is 525. The van der Waals surface area contributed by atoms with Gasteiger partial charge in [0.05, 0.1) is 0 Å². The summed E-state index contributed by atoms with van der Waals surface area (Å²) in [5.74, 6) is 0. The zero-order valence-corrected chi connectivity index (χ0v) is 13.0. The monoisotopic (exact) mass is 274 g/mol. The number of thiazole rings is 1. The first-order valence-electron chi connectivity index (χ1n) is 6.83. The van der Waals surface area contributed by atoms with Gasteiger partial charge >= 0.3 is 0 Å². The molecule has 102 valence electrons. The lowest BCUT2D eigenvalue weighted by atomic mass is 10.0. The second-order valence-corrected chi connectivity index (χ2v) is 6.30. The number of aryl methyl sites for hydroxylation is 3. The Morgan fingerprint density at radius 2 is 1.89 bits per heavy atom. The van der Waals surface area contributed by atoms with Crippen molar-refractivity contribution >= 4 is 11.3 Å². The molecule has 0 fully saturated rings. The maximum Gasteiger partial charge on any atom is 0.107 e. The molecule has 2 nitrogen and oxygen atoms in total. The number of benzene rings is 1. The lowest BCUT2D eigenvalue weighted by Crippen LogP contribution is -2.18. The van der Waals surface area contributed by atoms with E-state index in [1.807, 2.05) is 6.20 Å². The van der Waals surface area contributed by atoms with Crippen LogP contribution in [0.5, 0.6) is 0 Å². The summed E-state index contributed by atoms with van der Waals surface area (Å²) in [6.45, 7) is 9.53. The highest BCUT2D eigenvalue weighted by Crippen LogP contribution is 2.18. The van der Waals surface area contributed by atoms with Crippen molar-refractivity contribution in [1.29, 1.82) is 0 Å². The highest BCUT2D eigenvalue weighted by atomic mass is 32.1. The highest BCUT2D eigenvalue weighted by Gasteiger charge is 2.07. The molecule has 2 rings (SSSR count). The van der Waals surface area contributed by atoms with Crippen molar-refractivity contribution in [1.82, 2.24) is 10.3 Å². The van der Waals surface area contributed by atoms with Crippen LogP contribution in [0.1, 0.15) is 46.5 Å². The van der Waals surface area contributed by atoms with Gasteiger partial charge in [-0.25, -0.2) is 4.98 Å². The number of nitrogens with zero attached hydrogens (tertiary/aromatic N) is 1. The van der Waals surface area contributed by atoms with Crippen LogP contribution in [0.2, 0.25) is 0 Å². The third kappa shape index (κ3) is 3.88. The van der Waals surface area contributed by atoms with Gasteiger partial charge in [0.25, 0.3) is 0 Å². The van der Waals surface area contributed by atoms with Gasteiger partial charge in [-0.2, -0.15) is 0 Å². The quantitative estimate of drug-likeness (QED) is 0.885. The van der Waals surface area contributed by atoms with Gasteiger partial charge in [0.2, 0.25) is 0 Å². The lowest BCUT2D eigenvalue weighted by molar-refractivity contribution is 0.572. The summed E-state index contributed by atoms with van der Waals surface area (Å²) in [4.78, 5) is 5.80. The molecule has 1 atom stereocenters. The van der Waals surface area contributed by atoms with Crippen LogP contribution in [0.4, 0.5) is 0 Å². The molecule has 0 aliphatic rings. The summed E-state index contributed by atoms with van der Waals surface area (Å²) >= 11 is 1.80. The van der Waals surface area contributed by atoms with Gasteiger partial charge in [0, 0.05) is 23.7 Å². The Morgan fingerprint density at radius 3 is 2.47 bits per heavy atom. The molecular weight excluding hydrogens is 252 g/mol. The van der Waals surface area contributed by atoms with Crippen molar-refractivity contribution in [2.75, 3.05) is 0 Å². The number of nitrogens with one attached hydrogen (secondary N) is 1. The smallest absolute Gasteiger partial charge is 0.107 e. The third-order valence-electron chi connectivity index (χ3n) is 3.25. The normalized spacial score (nSPS) is 12.6. The van der Waals surface area contributed by atoms with E-state index < -0.39 is 0 Å². The van der Waals surface area contributed by atoms with Gasteiger partial charge in [-0.15, -0.1) is 11.3 Å². The predicted octanol–water partition coefficient (Wildman–Crippen LogP) is 4.17. The van der Waals surface area contributed by atoms with Crippen LogP contribution in [0.15, 0.2) is 24.4 Å². The van der Waals surface area contributed by atoms with E-state index in [1.54, 1.807) is 11.3 Å². The van der Waals surface area contributed by atoms with Crippen molar-refractivity contribution in [3.63, 3.8) is 0 Å². The van der Waals surface area contributed by atoms with Gasteiger partial charge in [0.1, 0.15) is 5.01 Å². The summed E-state index contributed by atoms with van der Waals surface area (Å²) in [7, 11) is 0. The molecule has 0 radical (unpaired) electrons. The SMILES string of the molecule is CCc1cnc(CNC(C)c2cc(C)cc(C)c2)s1. The highest BCUT2D eigenvalue weighted by molar-refractivity contribution is 7.11. The Balaban J connectivity index is 1.98. The Labute approximate surface area is 119 Å². The van der Waals surface area contributed by atoms with Crippen LogP contribution in [0, 0.1) is 13.8 Å². The molecule has 3 heteroatoms. The van der Waals surface area contributed by atoms with Crippen LogP contribution in [-0.4, -0.2) is 4.98 Å². The first-order valence-corrected chi connectivity index (χ1v) is 7.65. The minimum atomic E-state index is 0.354. The van der Waals surface area contributed by atoms with Crippen molar-refractivity contribution < 1.29 is 0 Å². The van der Waals surface area contributed by atoms with E-state index in [2.05, 4.69) is 56.2 Å². The maximum atomic E-state index is 4.44. The van der Waals surface area contributed by atoms with Gasteiger partial charge in [-0.3, -0.25) is 0 Å². The van der Waals surface area contributed by atoms with E-state index in [1.165, 1.54) is 26.6 Å². The number of aromatic nitrogens is 1. The second kappa shape index (κ2) is 6.31. The minimum Gasteiger partial charge on any atom is -0.304 e. The van der Waals surface area contributed by atoms with Crippen LogP contribution >= 0.6 is 11.3 Å². The van der Waals surface area contributed by atoms with Crippen LogP contribution in [0.3, 0.4) is 0 Å². The van der Waals surface area contributed by atoms with E-state index >= 15 is 0 Å². The summed E-state index contributed by atoms with van der Waals surface area (Å²) < 4.78 is 0. The fraction of sp³-hybridized carbons (Fsp3) is 0.438. The molecule has 1 aromatic heterocycles. The Hall–Kier alpha value is -1.19. The van der Waals surface area contributed by atoms with Crippen LogP contribution in [-0.2, 0) is 13.0 Å². The van der Waals surface area contributed by atoms with E-state index in [0.717, 1.165) is 13.0 Å². The summed E-state index contributed by atoms with van der Waals surface area (Å²) in [6.07, 6.45) is 3.06. The molecule has 1 N–H and O–H groups in total. The van der Waals surface area contributed by atoms with Gasteiger partial charge < -0.3 is 5.32 Å². The number of hydrogen-bond acceptors (Lipinski definition) is 3. The largest absolute Gasteiger partial charge is 0.304 e. The fourth-order valence-corrected chi connectivity index (χ4v) is 3.02. The summed E-state index contributed by atoms with van der Waals surface area (Å²) in [6, 6.07) is 7.08. The van der Waals surface area contributed by atoms with Crippen molar-refractivity contribution in [2.24, 2.45) is 0 Å². The third-order valence-corrected chi connectivity index (χ3v) is 4.40. The fourth-order valence-electron chi connectivity index (χ4n) is 2.21. The molecule has 1 unspecified atom stereocenters. The zero-order chi connectivity index (χ0) is 13.8. The van der Waals surface area contributed by atoms with Gasteiger partial charge in [-0.05, 0) is 32.8 Å². The molecule has 0 saturated heterocycles. The average molecular weight is 274 g/mol. The number of hydrogen-bond donors (Lipinski definition) is 1. The zero-order valence-electron chi connectivity index (χ0n) is 12.2. The molecule has 0 bridgehead atoms. The predicted molar refractivity (Wildman–Crippen MR) is 82.7 cm³/mol. The molecular formula is C16H22N2S. The molecule has 0 spiro atoms. The molecule has 19 heavy (non-hydrogen) atoms. The van der Waals surface area contributed by atoms with Crippen molar-refractivity contribution in [3.8, 4) is 0 Å². The lowest BCUT2D eigenvalue weighted by Gasteiger charge is -2.14. The topological polar surface area (TPSA) is 24.9 Å². The standard InChI is InChI=1S/C16H22N2S/c1-5-15-9-18-16(19-15)10-17-13(4)14-7-11(2)6-12(3)8-14/h6-9,13,17H,5,10H2,1-4H3. The average Bonchev–Trinajstić information content (AvgIpc) is 2.82. The van der Waals surface area contributed by atoms with E-state index in [4.69, 9.17) is 0 Å². The van der Waals surface area contributed by atoms with Gasteiger partial charge in [0.15, 0.2) is 0 Å². The summed E-state index contributed by atoms with van der Waals surface area (Å²) in [5.41, 5.74) is 4.00. The van der Waals surface area contributed by atoms with Crippen molar-refractivity contribution in [3.05, 3.63) is 51.0 Å². The second-order valence-electron chi connectivity index (χ2n) is 5.10. The van der Waals surface area contributed by atoms with E-state index in [9.17, 15) is 0 Å². The molecule has 2 aromatic rings. The molecule has 0 amide bonds. The molecule has 0 aliphatic heterocycles. The Morgan fingerprint density at radius 1 is 1.21 bits per heavy atom. The molecule has 0 saturated carbocycles. The summed E-state index contributed by atoms with van der Waals surface area (Å²) in [5, 5.41) is 4.73. The number of rotatable bonds is 5. The van der Waals surface area contributed by atoms with Crippen molar-refractivity contribution in [2.45, 2.75) is 46.7 Å². The maximum absolute atomic E-state index is 4.44. The Kier molecular flexibility index (Phi) is 4.72. The molecule has 0 aliphatic carbocycles.